The summed E-state index contributed by atoms with van der Waals surface area (Å²) in [6.45, 7) is 0.693. The largest absolute Gasteiger partial charge is 0.352 e. The summed E-state index contributed by atoms with van der Waals surface area (Å²) >= 11 is 0. The van der Waals surface area contributed by atoms with Crippen molar-refractivity contribution < 1.29 is 9.59 Å². The lowest BCUT2D eigenvalue weighted by Crippen LogP contribution is -2.31. The maximum Gasteiger partial charge on any atom is 0.251 e. The first-order valence-corrected chi connectivity index (χ1v) is 7.93. The van der Waals surface area contributed by atoms with Gasteiger partial charge in [0.1, 0.15) is 0 Å². The Morgan fingerprint density at radius 1 is 1.29 bits per heavy atom. The third kappa shape index (κ3) is 3.43. The molecule has 0 unspecified atom stereocenters. The molecule has 0 spiro atoms. The second-order valence-electron chi connectivity index (χ2n) is 6.12. The summed E-state index contributed by atoms with van der Waals surface area (Å²) in [6.07, 6.45) is 7.58. The number of carbonyl (C=O) groups excluding carboxylic acids is 2. The van der Waals surface area contributed by atoms with Crippen LogP contribution >= 0.6 is 0 Å². The summed E-state index contributed by atoms with van der Waals surface area (Å²) in [5, 5.41) is 5.75. The minimum absolute atomic E-state index is 0.0432. The van der Waals surface area contributed by atoms with Crippen LogP contribution in [0, 0.1) is 5.92 Å². The van der Waals surface area contributed by atoms with Crippen molar-refractivity contribution in [2.45, 2.75) is 44.9 Å². The number of fused-ring (bicyclic) bond motifs is 1. The number of nitrogens with one attached hydrogen (secondary N) is 2. The predicted molar refractivity (Wildman–Crippen MR) is 82.3 cm³/mol. The summed E-state index contributed by atoms with van der Waals surface area (Å²) in [5.74, 6) is 0.737. The molecule has 0 atom stereocenters. The molecule has 0 radical (unpaired) electrons. The third-order valence-electron chi connectivity index (χ3n) is 4.57. The van der Waals surface area contributed by atoms with E-state index < -0.39 is 0 Å². The summed E-state index contributed by atoms with van der Waals surface area (Å²) in [7, 11) is 0. The molecule has 112 valence electrons. The van der Waals surface area contributed by atoms with Gasteiger partial charge >= 0.3 is 0 Å². The Balaban J connectivity index is 1.58. The Labute approximate surface area is 125 Å². The van der Waals surface area contributed by atoms with Crippen molar-refractivity contribution in [1.82, 2.24) is 5.32 Å². The van der Waals surface area contributed by atoms with Crippen LogP contribution < -0.4 is 10.6 Å². The summed E-state index contributed by atoms with van der Waals surface area (Å²) < 4.78 is 0. The summed E-state index contributed by atoms with van der Waals surface area (Å²) in [6, 6.07) is 5.63. The van der Waals surface area contributed by atoms with Gasteiger partial charge in [0.15, 0.2) is 0 Å². The minimum atomic E-state index is -0.0432. The molecule has 1 aliphatic heterocycles. The van der Waals surface area contributed by atoms with Gasteiger partial charge in [-0.25, -0.2) is 0 Å². The van der Waals surface area contributed by atoms with Crippen LogP contribution in [0.15, 0.2) is 18.2 Å². The molecule has 1 aliphatic carbocycles. The Hall–Kier alpha value is -1.84. The number of hydrogen-bond donors (Lipinski definition) is 2. The molecule has 2 N–H and O–H groups in total. The first-order valence-electron chi connectivity index (χ1n) is 7.93. The SMILES string of the molecule is O=C(CCC1CCCC1)Nc1ccc2c(c1)C(=O)NCC2. The molecule has 1 saturated carbocycles. The zero-order valence-electron chi connectivity index (χ0n) is 12.3. The van der Waals surface area contributed by atoms with Crippen LogP contribution in [0.5, 0.6) is 0 Å². The van der Waals surface area contributed by atoms with Crippen molar-refractivity contribution in [3.8, 4) is 0 Å². The van der Waals surface area contributed by atoms with Crippen LogP contribution in [-0.2, 0) is 11.2 Å². The van der Waals surface area contributed by atoms with Gasteiger partial charge in [-0.05, 0) is 36.5 Å². The lowest BCUT2D eigenvalue weighted by molar-refractivity contribution is -0.116. The third-order valence-corrected chi connectivity index (χ3v) is 4.57. The Kier molecular flexibility index (Phi) is 4.23. The molecule has 0 saturated heterocycles. The van der Waals surface area contributed by atoms with Gasteiger partial charge in [0.05, 0.1) is 0 Å². The lowest BCUT2D eigenvalue weighted by atomic mass is 9.99. The van der Waals surface area contributed by atoms with Gasteiger partial charge in [-0.3, -0.25) is 9.59 Å². The van der Waals surface area contributed by atoms with E-state index in [1.807, 2.05) is 12.1 Å². The second kappa shape index (κ2) is 6.29. The molecule has 2 amide bonds. The number of carbonyl (C=O) groups is 2. The highest BCUT2D eigenvalue weighted by molar-refractivity contribution is 5.99. The van der Waals surface area contributed by atoms with Crippen molar-refractivity contribution >= 4 is 17.5 Å². The zero-order valence-corrected chi connectivity index (χ0v) is 12.3. The normalized spacial score (nSPS) is 18.2. The van der Waals surface area contributed by atoms with Crippen LogP contribution in [0.4, 0.5) is 5.69 Å². The highest BCUT2D eigenvalue weighted by Crippen LogP contribution is 2.28. The van der Waals surface area contributed by atoms with Crippen LogP contribution in [-0.4, -0.2) is 18.4 Å². The van der Waals surface area contributed by atoms with E-state index in [0.717, 1.165) is 30.0 Å². The van der Waals surface area contributed by atoms with Gasteiger partial charge in [0.2, 0.25) is 5.91 Å². The molecule has 3 rings (SSSR count). The molecule has 4 nitrogen and oxygen atoms in total. The number of hydrogen-bond acceptors (Lipinski definition) is 2. The number of benzene rings is 1. The summed E-state index contributed by atoms with van der Waals surface area (Å²) in [5.41, 5.74) is 2.47. The monoisotopic (exact) mass is 286 g/mol. The van der Waals surface area contributed by atoms with Gasteiger partial charge in [-0.1, -0.05) is 31.7 Å². The molecule has 1 aromatic carbocycles. The van der Waals surface area contributed by atoms with E-state index >= 15 is 0 Å². The van der Waals surface area contributed by atoms with Gasteiger partial charge in [-0.15, -0.1) is 0 Å². The van der Waals surface area contributed by atoms with Crippen molar-refractivity contribution in [3.05, 3.63) is 29.3 Å². The van der Waals surface area contributed by atoms with Crippen molar-refractivity contribution in [3.63, 3.8) is 0 Å². The van der Waals surface area contributed by atoms with Crippen LogP contribution in [0.3, 0.4) is 0 Å². The molecule has 21 heavy (non-hydrogen) atoms. The molecule has 0 bridgehead atoms. The predicted octanol–water partition coefficient (Wildman–Crippen LogP) is 2.88. The van der Waals surface area contributed by atoms with Crippen LogP contribution in [0.2, 0.25) is 0 Å². The molecule has 0 aromatic heterocycles. The van der Waals surface area contributed by atoms with Crippen molar-refractivity contribution in [2.75, 3.05) is 11.9 Å². The fraction of sp³-hybridized carbons (Fsp3) is 0.529. The van der Waals surface area contributed by atoms with Gasteiger partial charge in [0.25, 0.3) is 5.91 Å². The molecule has 1 heterocycles. The topological polar surface area (TPSA) is 58.2 Å². The molecule has 4 heteroatoms. The van der Waals surface area contributed by atoms with E-state index in [1.54, 1.807) is 6.07 Å². The second-order valence-corrected chi connectivity index (χ2v) is 6.12. The van der Waals surface area contributed by atoms with E-state index in [0.29, 0.717) is 18.5 Å². The number of rotatable bonds is 4. The molecular weight excluding hydrogens is 264 g/mol. The van der Waals surface area contributed by atoms with E-state index in [1.165, 1.54) is 25.7 Å². The van der Waals surface area contributed by atoms with Gasteiger partial charge in [-0.2, -0.15) is 0 Å². The average molecular weight is 286 g/mol. The zero-order chi connectivity index (χ0) is 14.7. The Morgan fingerprint density at radius 3 is 2.90 bits per heavy atom. The van der Waals surface area contributed by atoms with Crippen LogP contribution in [0.25, 0.3) is 0 Å². The minimum Gasteiger partial charge on any atom is -0.352 e. The van der Waals surface area contributed by atoms with Crippen LogP contribution in [0.1, 0.15) is 54.4 Å². The Morgan fingerprint density at radius 2 is 2.10 bits per heavy atom. The fourth-order valence-electron chi connectivity index (χ4n) is 3.35. The first kappa shape index (κ1) is 14.1. The van der Waals surface area contributed by atoms with Gasteiger partial charge < -0.3 is 10.6 Å². The molecule has 1 fully saturated rings. The highest BCUT2D eigenvalue weighted by Gasteiger charge is 2.18. The van der Waals surface area contributed by atoms with E-state index in [-0.39, 0.29) is 11.8 Å². The van der Waals surface area contributed by atoms with E-state index in [2.05, 4.69) is 10.6 Å². The Bertz CT molecular complexity index is 548. The quantitative estimate of drug-likeness (QED) is 0.894. The molecule has 1 aromatic rings. The van der Waals surface area contributed by atoms with E-state index in [9.17, 15) is 9.59 Å². The average Bonchev–Trinajstić information content (AvgIpc) is 2.99. The van der Waals surface area contributed by atoms with Crippen molar-refractivity contribution in [1.29, 1.82) is 0 Å². The highest BCUT2D eigenvalue weighted by atomic mass is 16.2. The van der Waals surface area contributed by atoms with Gasteiger partial charge in [0, 0.05) is 24.2 Å². The number of amides is 2. The maximum absolute atomic E-state index is 12.0. The summed E-state index contributed by atoms with van der Waals surface area (Å²) in [4.78, 5) is 23.8. The molecular formula is C17H22N2O2. The van der Waals surface area contributed by atoms with Crippen molar-refractivity contribution in [2.24, 2.45) is 5.92 Å². The maximum atomic E-state index is 12.0. The molecule has 2 aliphatic rings. The lowest BCUT2D eigenvalue weighted by Gasteiger charge is -2.17. The first-order chi connectivity index (χ1) is 10.2. The standard InChI is InChI=1S/C17H22N2O2/c20-16(8-5-12-3-1-2-4-12)19-14-7-6-13-9-10-18-17(21)15(13)11-14/h6-7,11-12H,1-5,8-10H2,(H,18,21)(H,19,20). The smallest absolute Gasteiger partial charge is 0.251 e. The van der Waals surface area contributed by atoms with E-state index in [4.69, 9.17) is 0 Å². The number of anilines is 1. The fourth-order valence-corrected chi connectivity index (χ4v) is 3.35.